The van der Waals surface area contributed by atoms with E-state index in [4.69, 9.17) is 0 Å². The molecule has 0 aliphatic heterocycles. The molecule has 0 bridgehead atoms. The van der Waals surface area contributed by atoms with Crippen LogP contribution in [-0.2, 0) is 22.7 Å². The summed E-state index contributed by atoms with van der Waals surface area (Å²) in [6.45, 7) is 10.5. The Labute approximate surface area is 320 Å². The van der Waals surface area contributed by atoms with Gasteiger partial charge in [0.2, 0.25) is 12.0 Å². The monoisotopic (exact) mass is 743 g/mol. The zero-order chi connectivity index (χ0) is 39.8. The van der Waals surface area contributed by atoms with E-state index in [9.17, 15) is 24.0 Å². The third kappa shape index (κ3) is 13.5. The number of nitrogens with one attached hydrogen (secondary N) is 7. The Morgan fingerprint density at radius 2 is 1.36 bits per heavy atom. The van der Waals surface area contributed by atoms with Gasteiger partial charge in [-0.05, 0) is 95.3 Å². The van der Waals surface area contributed by atoms with Crippen LogP contribution in [0.15, 0.2) is 119 Å². The molecule has 14 nitrogen and oxygen atoms in total. The van der Waals surface area contributed by atoms with Crippen molar-refractivity contribution in [2.75, 3.05) is 36.1 Å². The lowest BCUT2D eigenvalue weighted by Crippen LogP contribution is -2.44. The molecule has 0 atom stereocenters. The molecule has 0 aromatic heterocycles. The van der Waals surface area contributed by atoms with Gasteiger partial charge in [-0.1, -0.05) is 56.8 Å². The Morgan fingerprint density at radius 3 is 1.98 bits per heavy atom. The number of aryl methyl sites for hydroxylation is 1. The Hall–Kier alpha value is -7.05. The number of rotatable bonds is 14. The molecule has 0 saturated carbocycles. The van der Waals surface area contributed by atoms with Crippen molar-refractivity contribution in [1.82, 2.24) is 21.3 Å². The fourth-order valence-electron chi connectivity index (χ4n) is 5.16. The first-order valence-corrected chi connectivity index (χ1v) is 17.3. The van der Waals surface area contributed by atoms with E-state index < -0.39 is 12.1 Å². The van der Waals surface area contributed by atoms with Gasteiger partial charge in [0.15, 0.2) is 0 Å². The lowest BCUT2D eigenvalue weighted by molar-refractivity contribution is -0.116. The van der Waals surface area contributed by atoms with Crippen LogP contribution in [0.25, 0.3) is 6.08 Å². The van der Waals surface area contributed by atoms with Crippen LogP contribution in [0.4, 0.5) is 31.4 Å². The quantitative estimate of drug-likeness (QED) is 0.0575. The number of urea groups is 3. The Morgan fingerprint density at radius 1 is 0.764 bits per heavy atom. The van der Waals surface area contributed by atoms with Crippen molar-refractivity contribution in [3.8, 4) is 0 Å². The Bertz CT molecular complexity index is 2080. The molecule has 0 radical (unpaired) electrons. The van der Waals surface area contributed by atoms with Gasteiger partial charge in [-0.25, -0.2) is 24.2 Å². The standard InChI is InChI=1S/C41H45N9O5/c1-6-37(52)45-24-41(3,4)25-46-38(53)44-23-29-9-15-33(16-10-29)48-40(55)50-35-18-12-31(36(21-35)42-5)20-30-11-17-34(19-27(30)2)49-39(54)47-32-13-7-28(8-14-32)22-43-26-51/h6-21H,1,22-25H2,2-5H3,(H,45,52)(H2,44,46,53)(H2,47,49,54)(H2,48,50,55)/b31-20-,42-36+. The average Bonchev–Trinajstić information content (AvgIpc) is 3.17. The van der Waals surface area contributed by atoms with Gasteiger partial charge in [-0.2, -0.15) is 0 Å². The molecule has 0 fully saturated rings. The van der Waals surface area contributed by atoms with Crippen LogP contribution in [0.1, 0.15) is 36.1 Å². The van der Waals surface area contributed by atoms with Crippen molar-refractivity contribution in [3.05, 3.63) is 131 Å². The van der Waals surface area contributed by atoms with Gasteiger partial charge >= 0.3 is 18.1 Å². The van der Waals surface area contributed by atoms with Gasteiger partial charge in [0.05, 0.1) is 12.3 Å². The summed E-state index contributed by atoms with van der Waals surface area (Å²) in [6.07, 6.45) is 10.1. The predicted molar refractivity (Wildman–Crippen MR) is 216 cm³/mol. The number of carbonyl (C=O) groups is 4. The van der Waals surface area contributed by atoms with Crippen LogP contribution in [-0.4, -0.2) is 55.9 Å². The summed E-state index contributed by atoms with van der Waals surface area (Å²) in [4.78, 5) is 67.4. The Kier molecular flexibility index (Phi) is 14.6. The summed E-state index contributed by atoms with van der Waals surface area (Å²) in [6, 6.07) is 18.5. The van der Waals surface area contributed by atoms with E-state index in [0.29, 0.717) is 41.6 Å². The molecule has 0 unspecified atom stereocenters. The summed E-state index contributed by atoms with van der Waals surface area (Å²) in [7, 11) is 1.68. The summed E-state index contributed by atoms with van der Waals surface area (Å²) < 4.78 is 0. The van der Waals surface area contributed by atoms with Crippen LogP contribution < -0.4 is 37.2 Å². The largest absolute Gasteiger partial charge is 0.352 e. The molecule has 0 spiro atoms. The maximum atomic E-state index is 12.8. The molecular formula is C41H45N9O5. The van der Waals surface area contributed by atoms with Gasteiger partial charge in [0.25, 0.3) is 0 Å². The first-order valence-electron chi connectivity index (χ1n) is 17.3. The number of aliphatic imine (C=N–C) groups is 2. The van der Waals surface area contributed by atoms with Crippen molar-refractivity contribution in [1.29, 1.82) is 0 Å². The Balaban J connectivity index is 1.24. The SMILES string of the molecule is C=CC(=O)NCC(C)(C)CNC(=O)NCc1ccc(NC(=O)NC2=CC(=N\C)/C(=C\c3ccc(NC(=O)Nc4ccc(CN=C=O)cc4)cc3C)C=C2)cc1. The number of anilines is 3. The topological polar surface area (TPSA) is 194 Å². The molecule has 3 aromatic rings. The fraction of sp³-hybridized carbons (Fsp3) is 0.220. The highest BCUT2D eigenvalue weighted by atomic mass is 16.2. The molecule has 284 valence electrons. The highest BCUT2D eigenvalue weighted by Crippen LogP contribution is 2.22. The van der Waals surface area contributed by atoms with E-state index >= 15 is 0 Å². The van der Waals surface area contributed by atoms with Crippen LogP contribution in [0.5, 0.6) is 0 Å². The first-order chi connectivity index (χ1) is 26.4. The van der Waals surface area contributed by atoms with Crippen molar-refractivity contribution >= 4 is 58.9 Å². The molecule has 7 amide bonds. The third-order valence-corrected chi connectivity index (χ3v) is 8.22. The number of hydrogen-bond acceptors (Lipinski definition) is 7. The highest BCUT2D eigenvalue weighted by Gasteiger charge is 2.19. The zero-order valence-electron chi connectivity index (χ0n) is 31.2. The smallest absolute Gasteiger partial charge is 0.323 e. The van der Waals surface area contributed by atoms with Crippen molar-refractivity contribution < 1.29 is 24.0 Å². The number of isocyanates is 1. The average molecular weight is 744 g/mol. The summed E-state index contributed by atoms with van der Waals surface area (Å²) >= 11 is 0. The van der Waals surface area contributed by atoms with Crippen molar-refractivity contribution in [3.63, 3.8) is 0 Å². The minimum Gasteiger partial charge on any atom is -0.352 e. The van der Waals surface area contributed by atoms with E-state index in [-0.39, 0.29) is 30.4 Å². The van der Waals surface area contributed by atoms with E-state index in [2.05, 4.69) is 53.8 Å². The van der Waals surface area contributed by atoms with E-state index in [1.165, 1.54) is 12.2 Å². The molecular weight excluding hydrogens is 699 g/mol. The van der Waals surface area contributed by atoms with Crippen molar-refractivity contribution in [2.45, 2.75) is 33.9 Å². The maximum absolute atomic E-state index is 12.8. The molecule has 7 N–H and O–H groups in total. The molecule has 4 rings (SSSR count). The number of nitrogens with zero attached hydrogens (tertiary/aromatic N) is 2. The number of hydrogen-bond donors (Lipinski definition) is 7. The van der Waals surface area contributed by atoms with E-state index in [1.807, 2.05) is 45.1 Å². The van der Waals surface area contributed by atoms with Crippen molar-refractivity contribution in [2.24, 2.45) is 15.4 Å². The minimum atomic E-state index is -0.430. The fourth-order valence-corrected chi connectivity index (χ4v) is 5.16. The zero-order valence-corrected chi connectivity index (χ0v) is 31.2. The second-order valence-corrected chi connectivity index (χ2v) is 13.3. The minimum absolute atomic E-state index is 0.232. The summed E-state index contributed by atoms with van der Waals surface area (Å²) in [5.41, 5.74) is 7.03. The first kappa shape index (κ1) is 40.7. The van der Waals surface area contributed by atoms with Gasteiger partial charge in [-0.3, -0.25) is 9.79 Å². The normalized spacial score (nSPS) is 13.5. The molecule has 1 aliphatic rings. The van der Waals surface area contributed by atoms with Gasteiger partial charge in [-0.15, -0.1) is 0 Å². The molecule has 55 heavy (non-hydrogen) atoms. The molecule has 0 saturated heterocycles. The molecule has 0 heterocycles. The number of amides is 7. The van der Waals surface area contributed by atoms with Crippen LogP contribution in [0, 0.1) is 12.3 Å². The number of carbonyl (C=O) groups excluding carboxylic acids is 5. The van der Waals surface area contributed by atoms with Crippen LogP contribution in [0.3, 0.4) is 0 Å². The second kappa shape index (κ2) is 19.7. The van der Waals surface area contributed by atoms with Crippen LogP contribution >= 0.6 is 0 Å². The molecule has 3 aromatic carbocycles. The predicted octanol–water partition coefficient (Wildman–Crippen LogP) is 6.33. The maximum Gasteiger partial charge on any atom is 0.323 e. The number of benzene rings is 3. The molecule has 14 heteroatoms. The third-order valence-electron chi connectivity index (χ3n) is 8.22. The van der Waals surface area contributed by atoms with E-state index in [0.717, 1.165) is 27.8 Å². The number of allylic oxidation sites excluding steroid dienone is 4. The van der Waals surface area contributed by atoms with Gasteiger partial charge < -0.3 is 37.2 Å². The highest BCUT2D eigenvalue weighted by molar-refractivity contribution is 6.15. The van der Waals surface area contributed by atoms with Crippen LogP contribution in [0.2, 0.25) is 0 Å². The van der Waals surface area contributed by atoms with Gasteiger partial charge in [0, 0.05) is 55.0 Å². The lowest BCUT2D eigenvalue weighted by atomic mass is 9.93. The lowest BCUT2D eigenvalue weighted by Gasteiger charge is -2.25. The summed E-state index contributed by atoms with van der Waals surface area (Å²) in [5.74, 6) is -0.264. The summed E-state index contributed by atoms with van der Waals surface area (Å²) in [5, 5.41) is 19.6. The van der Waals surface area contributed by atoms with E-state index in [1.54, 1.807) is 73.8 Å². The van der Waals surface area contributed by atoms with Gasteiger partial charge in [0.1, 0.15) is 0 Å². The molecule has 1 aliphatic carbocycles. The second-order valence-electron chi connectivity index (χ2n) is 13.3.